The van der Waals surface area contributed by atoms with Crippen LogP contribution in [0, 0.1) is 10.8 Å². The highest BCUT2D eigenvalue weighted by atomic mass is 79.9. The molecule has 1 aromatic carbocycles. The van der Waals surface area contributed by atoms with Gasteiger partial charge in [0.1, 0.15) is 0 Å². The Kier molecular flexibility index (Phi) is 5.62. The van der Waals surface area contributed by atoms with E-state index in [0.29, 0.717) is 0 Å². The smallest absolute Gasteiger partial charge is 0.186 e. The van der Waals surface area contributed by atoms with Gasteiger partial charge in [-0.1, -0.05) is 63.5 Å². The second-order valence-corrected chi connectivity index (χ2v) is 9.19. The summed E-state index contributed by atoms with van der Waals surface area (Å²) in [5.41, 5.74) is 2.85. The first-order valence-electron chi connectivity index (χ1n) is 8.34. The summed E-state index contributed by atoms with van der Waals surface area (Å²) >= 11 is 3.42. The van der Waals surface area contributed by atoms with E-state index in [2.05, 4.69) is 67.7 Å². The molecule has 0 unspecified atom stereocenters. The van der Waals surface area contributed by atoms with Crippen LogP contribution < -0.4 is 0 Å². The molecule has 0 N–H and O–H groups in total. The van der Waals surface area contributed by atoms with Gasteiger partial charge >= 0.3 is 0 Å². The van der Waals surface area contributed by atoms with Crippen LogP contribution in [-0.2, 0) is 4.79 Å². The molecule has 0 aromatic heterocycles. The maximum Gasteiger partial charge on any atom is 0.186 e. The molecule has 0 saturated carbocycles. The number of benzene rings is 1. The van der Waals surface area contributed by atoms with Crippen LogP contribution in [0.15, 0.2) is 74.0 Å². The molecule has 25 heavy (non-hydrogen) atoms. The summed E-state index contributed by atoms with van der Waals surface area (Å²) in [4.78, 5) is 12.9. The molecule has 0 heterocycles. The second-order valence-electron chi connectivity index (χ2n) is 8.27. The third kappa shape index (κ3) is 5.08. The van der Waals surface area contributed by atoms with Crippen LogP contribution in [0.25, 0.3) is 0 Å². The van der Waals surface area contributed by atoms with Crippen molar-refractivity contribution in [3.8, 4) is 0 Å². The van der Waals surface area contributed by atoms with Crippen molar-refractivity contribution in [2.45, 2.75) is 41.5 Å². The molecule has 1 aliphatic carbocycles. The van der Waals surface area contributed by atoms with E-state index in [1.165, 1.54) is 0 Å². The van der Waals surface area contributed by atoms with Crippen LogP contribution in [0.2, 0.25) is 0 Å². The van der Waals surface area contributed by atoms with E-state index in [-0.39, 0.29) is 16.6 Å². The van der Waals surface area contributed by atoms with Gasteiger partial charge < -0.3 is 0 Å². The molecule has 0 aliphatic heterocycles. The van der Waals surface area contributed by atoms with E-state index >= 15 is 0 Å². The Morgan fingerprint density at radius 2 is 1.52 bits per heavy atom. The zero-order valence-corrected chi connectivity index (χ0v) is 17.3. The van der Waals surface area contributed by atoms with Gasteiger partial charge in [0.05, 0.1) is 11.9 Å². The minimum atomic E-state index is -0.220. The molecule has 0 amide bonds. The van der Waals surface area contributed by atoms with Gasteiger partial charge in [-0.2, -0.15) is 10.2 Å². The van der Waals surface area contributed by atoms with Crippen molar-refractivity contribution in [2.24, 2.45) is 21.1 Å². The number of hydrogen-bond donors (Lipinski definition) is 0. The molecule has 0 spiro atoms. The average Bonchev–Trinajstić information content (AvgIpc) is 2.46. The molecule has 0 radical (unpaired) electrons. The zero-order valence-electron chi connectivity index (χ0n) is 15.7. The van der Waals surface area contributed by atoms with Crippen molar-refractivity contribution in [1.29, 1.82) is 0 Å². The highest BCUT2D eigenvalue weighted by molar-refractivity contribution is 9.10. The molecule has 0 saturated heterocycles. The Labute approximate surface area is 158 Å². The first-order valence-corrected chi connectivity index (χ1v) is 9.13. The molecule has 1 aliphatic rings. The largest absolute Gasteiger partial charge is 0.289 e. The quantitative estimate of drug-likeness (QED) is 0.495. The fourth-order valence-corrected chi connectivity index (χ4v) is 2.93. The third-order valence-corrected chi connectivity index (χ3v) is 4.41. The number of ketones is 1. The van der Waals surface area contributed by atoms with Gasteiger partial charge in [-0.3, -0.25) is 4.79 Å². The van der Waals surface area contributed by atoms with Gasteiger partial charge in [-0.15, -0.1) is 0 Å². The maximum atomic E-state index is 12.9. The van der Waals surface area contributed by atoms with Crippen LogP contribution in [0.5, 0.6) is 0 Å². The number of nitrogens with zero attached hydrogens (tertiary/aromatic N) is 2. The number of hydrogen-bond acceptors (Lipinski definition) is 3. The number of Topliss-reactive ketones (excluding diaryl/α,β-unsaturated/α-hetero) is 1. The molecular weight excluding hydrogens is 376 g/mol. The lowest BCUT2D eigenvalue weighted by Crippen LogP contribution is -2.27. The Balaban J connectivity index is 2.41. The molecule has 4 heteroatoms. The highest BCUT2D eigenvalue weighted by Crippen LogP contribution is 2.38. The van der Waals surface area contributed by atoms with Gasteiger partial charge in [0.25, 0.3) is 0 Å². The minimum Gasteiger partial charge on any atom is -0.289 e. The zero-order chi connectivity index (χ0) is 18.8. The molecular formula is C21H25BrN2O. The van der Waals surface area contributed by atoms with Crippen LogP contribution in [0.3, 0.4) is 0 Å². The topological polar surface area (TPSA) is 41.8 Å². The van der Waals surface area contributed by atoms with Crippen LogP contribution in [0.1, 0.15) is 41.5 Å². The van der Waals surface area contributed by atoms with Gasteiger partial charge in [0.2, 0.25) is 0 Å². The Morgan fingerprint density at radius 1 is 0.960 bits per heavy atom. The van der Waals surface area contributed by atoms with E-state index < -0.39 is 0 Å². The van der Waals surface area contributed by atoms with Crippen molar-refractivity contribution >= 4 is 27.4 Å². The summed E-state index contributed by atoms with van der Waals surface area (Å²) in [7, 11) is 0. The molecule has 0 fully saturated rings. The predicted molar refractivity (Wildman–Crippen MR) is 107 cm³/mol. The van der Waals surface area contributed by atoms with Gasteiger partial charge in [0.15, 0.2) is 5.78 Å². The minimum absolute atomic E-state index is 0.126. The van der Waals surface area contributed by atoms with Crippen molar-refractivity contribution in [3.05, 3.63) is 63.8 Å². The summed E-state index contributed by atoms with van der Waals surface area (Å²) in [5.74, 6) is 0.126. The summed E-state index contributed by atoms with van der Waals surface area (Å²) in [6, 6.07) is 7.66. The van der Waals surface area contributed by atoms with E-state index in [9.17, 15) is 4.79 Å². The van der Waals surface area contributed by atoms with Crippen LogP contribution >= 0.6 is 15.9 Å². The number of azo groups is 1. The first kappa shape index (κ1) is 19.5. The van der Waals surface area contributed by atoms with Crippen molar-refractivity contribution in [1.82, 2.24) is 0 Å². The molecule has 132 valence electrons. The standard InChI is InChI=1S/C21H25BrN2O/c1-20(2,3)17-10-14(11-18(19(17)25)21(4,5)6)13-23-24-16-9-7-8-15(22)12-16/h7-13H,1-6H3. The van der Waals surface area contributed by atoms with E-state index in [1.807, 2.05) is 36.4 Å². The predicted octanol–water partition coefficient (Wildman–Crippen LogP) is 6.94. The Bertz CT molecular complexity index is 764. The fraction of sp³-hybridized carbons (Fsp3) is 0.381. The summed E-state index contributed by atoms with van der Waals surface area (Å²) in [6.07, 6.45) is 5.57. The second kappa shape index (κ2) is 7.20. The van der Waals surface area contributed by atoms with Gasteiger partial charge in [0, 0.05) is 15.6 Å². The van der Waals surface area contributed by atoms with E-state index in [1.54, 1.807) is 6.20 Å². The number of halogens is 1. The first-order chi connectivity index (χ1) is 11.5. The van der Waals surface area contributed by atoms with E-state index in [4.69, 9.17) is 0 Å². The number of rotatable bonds is 2. The lowest BCUT2D eigenvalue weighted by atomic mass is 9.72. The average molecular weight is 401 g/mol. The SMILES string of the molecule is CC(C)(C)C1=CC(=CN=Nc2cccc(Br)c2)C=C(C(C)(C)C)C1=O. The summed E-state index contributed by atoms with van der Waals surface area (Å²) in [6.45, 7) is 12.4. The summed E-state index contributed by atoms with van der Waals surface area (Å²) in [5, 5.41) is 8.44. The molecule has 3 nitrogen and oxygen atoms in total. The van der Waals surface area contributed by atoms with Crippen LogP contribution in [0.4, 0.5) is 5.69 Å². The number of carbonyl (C=O) groups excluding carboxylic acids is 1. The normalized spacial score (nSPS) is 16.1. The molecule has 2 rings (SSSR count). The summed E-state index contributed by atoms with van der Waals surface area (Å²) < 4.78 is 0.963. The lowest BCUT2D eigenvalue weighted by Gasteiger charge is -2.31. The monoisotopic (exact) mass is 400 g/mol. The van der Waals surface area contributed by atoms with Crippen molar-refractivity contribution in [2.75, 3.05) is 0 Å². The lowest BCUT2D eigenvalue weighted by molar-refractivity contribution is -0.114. The number of allylic oxidation sites excluding steroid dienone is 5. The maximum absolute atomic E-state index is 12.9. The van der Waals surface area contributed by atoms with E-state index in [0.717, 1.165) is 26.9 Å². The third-order valence-electron chi connectivity index (χ3n) is 3.92. The van der Waals surface area contributed by atoms with Gasteiger partial charge in [-0.25, -0.2) is 0 Å². The van der Waals surface area contributed by atoms with Crippen molar-refractivity contribution in [3.63, 3.8) is 0 Å². The molecule has 1 aromatic rings. The van der Waals surface area contributed by atoms with Crippen LogP contribution in [-0.4, -0.2) is 5.78 Å². The Morgan fingerprint density at radius 3 is 2.00 bits per heavy atom. The molecule has 0 bridgehead atoms. The molecule has 0 atom stereocenters. The fourth-order valence-electron chi connectivity index (χ4n) is 2.54. The highest BCUT2D eigenvalue weighted by Gasteiger charge is 2.33. The van der Waals surface area contributed by atoms with Gasteiger partial charge in [-0.05, 0) is 46.8 Å². The van der Waals surface area contributed by atoms with Crippen molar-refractivity contribution < 1.29 is 4.79 Å². The number of carbonyl (C=O) groups is 1. The Hall–Kier alpha value is -1.81.